The second-order valence-electron chi connectivity index (χ2n) is 5.05. The summed E-state index contributed by atoms with van der Waals surface area (Å²) in [4.78, 5) is 13.2. The van der Waals surface area contributed by atoms with E-state index in [1.165, 1.54) is 12.8 Å². The molecule has 0 aliphatic heterocycles. The van der Waals surface area contributed by atoms with E-state index in [1.54, 1.807) is 4.68 Å². The van der Waals surface area contributed by atoms with Crippen LogP contribution in [0.25, 0.3) is 5.95 Å². The van der Waals surface area contributed by atoms with Gasteiger partial charge in [0.15, 0.2) is 0 Å². The van der Waals surface area contributed by atoms with Gasteiger partial charge in [-0.2, -0.15) is 4.68 Å². The molecule has 0 radical (unpaired) electrons. The van der Waals surface area contributed by atoms with Gasteiger partial charge in [0.05, 0.1) is 0 Å². The first-order valence-electron chi connectivity index (χ1n) is 6.60. The van der Waals surface area contributed by atoms with Crippen LogP contribution < -0.4 is 5.32 Å². The number of rotatable bonds is 4. The zero-order chi connectivity index (χ0) is 13.4. The van der Waals surface area contributed by atoms with Crippen LogP contribution in [0.3, 0.4) is 0 Å². The zero-order valence-corrected chi connectivity index (χ0v) is 11.5. The van der Waals surface area contributed by atoms with E-state index in [2.05, 4.69) is 25.4 Å². The first-order chi connectivity index (χ1) is 9.13. The highest BCUT2D eigenvalue weighted by molar-refractivity contribution is 5.22. The molecule has 3 rings (SSSR count). The van der Waals surface area contributed by atoms with Crippen LogP contribution in [-0.2, 0) is 6.54 Å². The smallest absolute Gasteiger partial charge is 0.252 e. The minimum Gasteiger partial charge on any atom is -0.310 e. The number of hydrogen-bond donors (Lipinski definition) is 1. The third-order valence-corrected chi connectivity index (χ3v) is 3.29. The lowest BCUT2D eigenvalue weighted by molar-refractivity contribution is 0.674. The molecule has 100 valence electrons. The molecule has 2 heterocycles. The Balaban J connectivity index is 1.83. The molecule has 2 aromatic rings. The van der Waals surface area contributed by atoms with Crippen molar-refractivity contribution in [3.63, 3.8) is 0 Å². The molecule has 0 spiro atoms. The van der Waals surface area contributed by atoms with E-state index in [0.29, 0.717) is 12.0 Å². The van der Waals surface area contributed by atoms with Crippen molar-refractivity contribution in [2.75, 3.05) is 0 Å². The molecule has 1 saturated carbocycles. The van der Waals surface area contributed by atoms with Crippen molar-refractivity contribution >= 4 is 0 Å². The van der Waals surface area contributed by atoms with Crippen LogP contribution in [0.5, 0.6) is 0 Å². The van der Waals surface area contributed by atoms with Gasteiger partial charge < -0.3 is 5.32 Å². The van der Waals surface area contributed by atoms with E-state index < -0.39 is 0 Å². The Kier molecular flexibility index (Phi) is 3.02. The summed E-state index contributed by atoms with van der Waals surface area (Å²) in [5.74, 6) is 2.13. The Morgan fingerprint density at radius 1 is 1.26 bits per heavy atom. The molecule has 1 fully saturated rings. The minimum absolute atomic E-state index is 0.589. The molecule has 2 aromatic heterocycles. The lowest BCUT2D eigenvalue weighted by atomic mass is 10.2. The summed E-state index contributed by atoms with van der Waals surface area (Å²) >= 11 is 0. The van der Waals surface area contributed by atoms with E-state index in [1.807, 2.05) is 27.0 Å². The van der Waals surface area contributed by atoms with Crippen LogP contribution in [0.2, 0.25) is 0 Å². The van der Waals surface area contributed by atoms with Crippen LogP contribution in [0.15, 0.2) is 6.20 Å². The largest absolute Gasteiger partial charge is 0.310 e. The number of hydrogen-bond acceptors (Lipinski definition) is 5. The molecule has 0 aromatic carbocycles. The van der Waals surface area contributed by atoms with Crippen LogP contribution in [-0.4, -0.2) is 30.8 Å². The van der Waals surface area contributed by atoms with Crippen molar-refractivity contribution in [2.45, 2.75) is 46.2 Å². The molecule has 1 aliphatic rings. The molecule has 1 N–H and O–H groups in total. The molecule has 0 amide bonds. The molecule has 6 heteroatoms. The van der Waals surface area contributed by atoms with Gasteiger partial charge in [-0.05, 0) is 33.6 Å². The maximum atomic E-state index is 4.53. The Morgan fingerprint density at radius 2 is 2.05 bits per heavy atom. The van der Waals surface area contributed by atoms with Crippen molar-refractivity contribution in [2.24, 2.45) is 0 Å². The molecule has 1 aliphatic carbocycles. The molecular weight excluding hydrogens is 240 g/mol. The zero-order valence-electron chi connectivity index (χ0n) is 11.5. The minimum atomic E-state index is 0.589. The van der Waals surface area contributed by atoms with Gasteiger partial charge in [0, 0.05) is 30.0 Å². The third kappa shape index (κ3) is 2.63. The van der Waals surface area contributed by atoms with Crippen molar-refractivity contribution in [1.82, 2.24) is 30.0 Å². The van der Waals surface area contributed by atoms with Gasteiger partial charge in [-0.15, -0.1) is 5.10 Å². The van der Waals surface area contributed by atoms with Crippen molar-refractivity contribution in [3.05, 3.63) is 29.1 Å². The van der Waals surface area contributed by atoms with E-state index >= 15 is 0 Å². The second-order valence-corrected chi connectivity index (χ2v) is 5.05. The van der Waals surface area contributed by atoms with E-state index in [9.17, 15) is 0 Å². The van der Waals surface area contributed by atoms with Crippen molar-refractivity contribution in [3.8, 4) is 5.95 Å². The number of nitrogens with zero attached hydrogens (tertiary/aromatic N) is 5. The fraction of sp³-hybridized carbons (Fsp3) is 0.538. The molecule has 0 bridgehead atoms. The lowest BCUT2D eigenvalue weighted by Crippen LogP contribution is -2.17. The van der Waals surface area contributed by atoms with Gasteiger partial charge in [0.25, 0.3) is 5.95 Å². The molecule has 19 heavy (non-hydrogen) atoms. The molecule has 6 nitrogen and oxygen atoms in total. The average molecular weight is 258 g/mol. The third-order valence-electron chi connectivity index (χ3n) is 3.29. The highest BCUT2D eigenvalue weighted by Gasteiger charge is 2.20. The fourth-order valence-electron chi connectivity index (χ4n) is 2.01. The maximum absolute atomic E-state index is 4.53. The first kappa shape index (κ1) is 12.2. The Hall–Kier alpha value is -1.82. The summed E-state index contributed by atoms with van der Waals surface area (Å²) in [6, 6.07) is 0.694. The van der Waals surface area contributed by atoms with Gasteiger partial charge >= 0.3 is 0 Å². The highest BCUT2D eigenvalue weighted by Crippen LogP contribution is 2.19. The molecule has 0 atom stereocenters. The summed E-state index contributed by atoms with van der Waals surface area (Å²) < 4.78 is 1.68. The summed E-state index contributed by atoms with van der Waals surface area (Å²) in [5, 5.41) is 7.77. The summed E-state index contributed by atoms with van der Waals surface area (Å²) in [6.07, 6.45) is 4.45. The van der Waals surface area contributed by atoms with Gasteiger partial charge in [-0.25, -0.2) is 15.0 Å². The molecular formula is C13H18N6. The van der Waals surface area contributed by atoms with Crippen LogP contribution in [0.1, 0.15) is 35.7 Å². The first-order valence-corrected chi connectivity index (χ1v) is 6.60. The predicted octanol–water partition coefficient (Wildman–Crippen LogP) is 1.23. The van der Waals surface area contributed by atoms with Gasteiger partial charge in [-0.1, -0.05) is 0 Å². The average Bonchev–Trinajstić information content (AvgIpc) is 3.12. The maximum Gasteiger partial charge on any atom is 0.252 e. The van der Waals surface area contributed by atoms with Crippen molar-refractivity contribution in [1.29, 1.82) is 0 Å². The number of aryl methyl sites for hydroxylation is 3. The van der Waals surface area contributed by atoms with Crippen molar-refractivity contribution < 1.29 is 0 Å². The van der Waals surface area contributed by atoms with Gasteiger partial charge in [0.2, 0.25) is 0 Å². The highest BCUT2D eigenvalue weighted by atomic mass is 15.4. The lowest BCUT2D eigenvalue weighted by Gasteiger charge is -2.08. The van der Waals surface area contributed by atoms with Gasteiger partial charge in [-0.3, -0.25) is 0 Å². The van der Waals surface area contributed by atoms with E-state index in [-0.39, 0.29) is 0 Å². The van der Waals surface area contributed by atoms with E-state index in [0.717, 1.165) is 29.5 Å². The number of aromatic nitrogens is 5. The standard InChI is InChI=1S/C13H18N6/c1-8-11(6-14-12-4-5-12)7-15-13(16-8)19-10(3)17-9(2)18-19/h7,12,14H,4-6H2,1-3H3. The predicted molar refractivity (Wildman–Crippen MR) is 71.0 cm³/mol. The van der Waals surface area contributed by atoms with Gasteiger partial charge in [0.1, 0.15) is 11.6 Å². The second kappa shape index (κ2) is 4.70. The summed E-state index contributed by atoms with van der Waals surface area (Å²) in [5.41, 5.74) is 2.14. The Labute approximate surface area is 112 Å². The summed E-state index contributed by atoms with van der Waals surface area (Å²) in [7, 11) is 0. The quantitative estimate of drug-likeness (QED) is 0.893. The fourth-order valence-corrected chi connectivity index (χ4v) is 2.01. The SMILES string of the molecule is Cc1nc(C)n(-c2ncc(CNC3CC3)c(C)n2)n1. The van der Waals surface area contributed by atoms with Crippen LogP contribution >= 0.6 is 0 Å². The number of nitrogens with one attached hydrogen (secondary N) is 1. The Bertz CT molecular complexity index is 599. The normalized spacial score (nSPS) is 14.9. The monoisotopic (exact) mass is 258 g/mol. The van der Waals surface area contributed by atoms with E-state index in [4.69, 9.17) is 0 Å². The molecule has 0 unspecified atom stereocenters. The van der Waals surface area contributed by atoms with Crippen LogP contribution in [0.4, 0.5) is 0 Å². The summed E-state index contributed by atoms with van der Waals surface area (Å²) in [6.45, 7) is 6.62. The molecule has 0 saturated heterocycles. The topological polar surface area (TPSA) is 68.5 Å². The van der Waals surface area contributed by atoms with Crippen LogP contribution in [0, 0.1) is 20.8 Å². The Morgan fingerprint density at radius 3 is 2.63 bits per heavy atom.